The fourth-order valence-electron chi connectivity index (χ4n) is 1.14. The predicted octanol–water partition coefficient (Wildman–Crippen LogP) is -0.496. The molecule has 0 bridgehead atoms. The minimum absolute atomic E-state index is 0.0860. The molecule has 1 heterocycles. The van der Waals surface area contributed by atoms with E-state index >= 15 is 0 Å². The van der Waals surface area contributed by atoms with Gasteiger partial charge in [-0.3, -0.25) is 9.59 Å². The maximum absolute atomic E-state index is 11.4. The number of nitrogens with zero attached hydrogens (tertiary/aromatic N) is 3. The second-order valence-electron chi connectivity index (χ2n) is 3.40. The number of aliphatic carboxylic acids is 1. The molecule has 1 aromatic heterocycles. The van der Waals surface area contributed by atoms with Crippen LogP contribution < -0.4 is 10.2 Å². The summed E-state index contributed by atoms with van der Waals surface area (Å²) < 4.78 is 0. The minimum Gasteiger partial charge on any atom is -0.481 e. The van der Waals surface area contributed by atoms with Gasteiger partial charge in [0.05, 0.1) is 13.0 Å². The highest BCUT2D eigenvalue weighted by Crippen LogP contribution is 2.00. The molecule has 7 heteroatoms. The number of carbonyl (C=O) groups excluding carboxylic acids is 1. The van der Waals surface area contributed by atoms with Crippen LogP contribution in [0.1, 0.15) is 6.42 Å². The van der Waals surface area contributed by atoms with Crippen molar-refractivity contribution in [2.75, 3.05) is 25.0 Å². The fourth-order valence-corrected chi connectivity index (χ4v) is 1.14. The van der Waals surface area contributed by atoms with Crippen LogP contribution in [-0.4, -0.2) is 47.1 Å². The summed E-state index contributed by atoms with van der Waals surface area (Å²) in [5.41, 5.74) is 0. The summed E-state index contributed by atoms with van der Waals surface area (Å²) in [6.45, 7) is 0.210. The Morgan fingerprint density at radius 1 is 1.41 bits per heavy atom. The highest BCUT2D eigenvalue weighted by molar-refractivity contribution is 5.81. The van der Waals surface area contributed by atoms with Gasteiger partial charge in [0, 0.05) is 26.0 Å². The fraction of sp³-hybridized carbons (Fsp3) is 0.400. The zero-order valence-electron chi connectivity index (χ0n) is 9.46. The van der Waals surface area contributed by atoms with Crippen molar-refractivity contribution in [2.24, 2.45) is 0 Å². The van der Waals surface area contributed by atoms with Crippen LogP contribution in [-0.2, 0) is 9.59 Å². The van der Waals surface area contributed by atoms with Gasteiger partial charge in [0.1, 0.15) is 0 Å². The molecule has 0 radical (unpaired) electrons. The number of hydrogen-bond donors (Lipinski definition) is 2. The number of anilines is 1. The first-order valence-corrected chi connectivity index (χ1v) is 5.06. The lowest BCUT2D eigenvalue weighted by Crippen LogP contribution is -2.36. The Balaban J connectivity index is 2.34. The zero-order chi connectivity index (χ0) is 12.7. The van der Waals surface area contributed by atoms with Gasteiger partial charge in [-0.25, -0.2) is 9.97 Å². The van der Waals surface area contributed by atoms with Crippen molar-refractivity contribution in [1.29, 1.82) is 0 Å². The lowest BCUT2D eigenvalue weighted by Gasteiger charge is -2.15. The van der Waals surface area contributed by atoms with Crippen molar-refractivity contribution in [1.82, 2.24) is 15.3 Å². The highest BCUT2D eigenvalue weighted by Gasteiger charge is 2.09. The summed E-state index contributed by atoms with van der Waals surface area (Å²) in [7, 11) is 1.69. The molecule has 0 unspecified atom stereocenters. The zero-order valence-corrected chi connectivity index (χ0v) is 9.46. The van der Waals surface area contributed by atoms with Crippen LogP contribution in [0, 0.1) is 0 Å². The van der Waals surface area contributed by atoms with Crippen molar-refractivity contribution in [3.05, 3.63) is 18.5 Å². The van der Waals surface area contributed by atoms with E-state index in [1.807, 2.05) is 0 Å². The molecule has 0 aliphatic carbocycles. The smallest absolute Gasteiger partial charge is 0.305 e. The van der Waals surface area contributed by atoms with E-state index in [4.69, 9.17) is 5.11 Å². The normalized spacial score (nSPS) is 9.71. The van der Waals surface area contributed by atoms with E-state index in [-0.39, 0.29) is 25.4 Å². The van der Waals surface area contributed by atoms with E-state index in [9.17, 15) is 9.59 Å². The third kappa shape index (κ3) is 4.92. The van der Waals surface area contributed by atoms with Gasteiger partial charge in [0.25, 0.3) is 0 Å². The summed E-state index contributed by atoms with van der Waals surface area (Å²) in [5.74, 6) is -0.757. The van der Waals surface area contributed by atoms with Crippen molar-refractivity contribution in [2.45, 2.75) is 6.42 Å². The Labute approximate surface area is 98.5 Å². The summed E-state index contributed by atoms with van der Waals surface area (Å²) in [6, 6.07) is 1.68. The number of hydrogen-bond acceptors (Lipinski definition) is 5. The topological polar surface area (TPSA) is 95.4 Å². The molecular weight excluding hydrogens is 224 g/mol. The second-order valence-corrected chi connectivity index (χ2v) is 3.40. The molecule has 1 rings (SSSR count). The van der Waals surface area contributed by atoms with Crippen LogP contribution >= 0.6 is 0 Å². The minimum atomic E-state index is -0.940. The summed E-state index contributed by atoms with van der Waals surface area (Å²) in [4.78, 5) is 31.2. The number of rotatable bonds is 6. The van der Waals surface area contributed by atoms with E-state index < -0.39 is 5.97 Å². The number of carbonyl (C=O) groups is 2. The van der Waals surface area contributed by atoms with Crippen LogP contribution in [0.15, 0.2) is 18.5 Å². The molecule has 0 atom stereocenters. The van der Waals surface area contributed by atoms with Gasteiger partial charge >= 0.3 is 5.97 Å². The van der Waals surface area contributed by atoms with Gasteiger partial charge in [-0.2, -0.15) is 0 Å². The number of aromatic nitrogens is 2. The number of carboxylic acids is 1. The largest absolute Gasteiger partial charge is 0.481 e. The molecule has 7 nitrogen and oxygen atoms in total. The monoisotopic (exact) mass is 238 g/mol. The van der Waals surface area contributed by atoms with Crippen molar-refractivity contribution in [3.63, 3.8) is 0 Å². The second kappa shape index (κ2) is 6.41. The van der Waals surface area contributed by atoms with Gasteiger partial charge in [-0.1, -0.05) is 0 Å². The van der Waals surface area contributed by atoms with Crippen LogP contribution in [0.4, 0.5) is 5.95 Å². The van der Waals surface area contributed by atoms with Crippen LogP contribution in [0.3, 0.4) is 0 Å². The molecule has 17 heavy (non-hydrogen) atoms. The average Bonchev–Trinajstić information content (AvgIpc) is 2.29. The van der Waals surface area contributed by atoms with Crippen molar-refractivity contribution < 1.29 is 14.7 Å². The number of carboxylic acid groups (broad SMARTS) is 1. The van der Waals surface area contributed by atoms with Crippen LogP contribution in [0.25, 0.3) is 0 Å². The van der Waals surface area contributed by atoms with Gasteiger partial charge in [0.15, 0.2) is 0 Å². The molecule has 1 amide bonds. The molecular formula is C10H14N4O3. The van der Waals surface area contributed by atoms with Gasteiger partial charge in [-0.05, 0) is 6.07 Å². The Hall–Kier alpha value is -2.18. The van der Waals surface area contributed by atoms with E-state index in [2.05, 4.69) is 15.3 Å². The first-order valence-electron chi connectivity index (χ1n) is 5.06. The molecule has 2 N–H and O–H groups in total. The molecule has 92 valence electrons. The maximum Gasteiger partial charge on any atom is 0.305 e. The quantitative estimate of drug-likeness (QED) is 0.694. The van der Waals surface area contributed by atoms with Crippen molar-refractivity contribution in [3.8, 4) is 0 Å². The standard InChI is InChI=1S/C10H14N4O3/c1-14(10-12-4-2-5-13-10)7-8(15)11-6-3-9(16)17/h2,4-5H,3,6-7H2,1H3,(H,11,15)(H,16,17). The Bertz CT molecular complexity index is 382. The third-order valence-corrected chi connectivity index (χ3v) is 1.94. The average molecular weight is 238 g/mol. The van der Waals surface area contributed by atoms with Gasteiger partial charge in [-0.15, -0.1) is 0 Å². The third-order valence-electron chi connectivity index (χ3n) is 1.94. The Morgan fingerprint density at radius 3 is 2.65 bits per heavy atom. The van der Waals surface area contributed by atoms with E-state index in [1.54, 1.807) is 30.4 Å². The molecule has 0 aliphatic rings. The van der Waals surface area contributed by atoms with E-state index in [0.717, 1.165) is 0 Å². The SMILES string of the molecule is CN(CC(=O)NCCC(=O)O)c1ncccn1. The molecule has 0 fully saturated rings. The number of likely N-dealkylation sites (N-methyl/N-ethyl adjacent to an activating group) is 1. The maximum atomic E-state index is 11.4. The van der Waals surface area contributed by atoms with E-state index in [0.29, 0.717) is 5.95 Å². The van der Waals surface area contributed by atoms with Crippen LogP contribution in [0.2, 0.25) is 0 Å². The number of amides is 1. The first-order chi connectivity index (χ1) is 8.09. The molecule has 0 saturated heterocycles. The first kappa shape index (κ1) is 12.9. The summed E-state index contributed by atoms with van der Waals surface area (Å²) in [6.07, 6.45) is 3.08. The molecule has 0 aliphatic heterocycles. The molecule has 0 saturated carbocycles. The van der Waals surface area contributed by atoms with Gasteiger partial charge < -0.3 is 15.3 Å². The highest BCUT2D eigenvalue weighted by atomic mass is 16.4. The van der Waals surface area contributed by atoms with Gasteiger partial charge in [0.2, 0.25) is 11.9 Å². The molecule has 0 aromatic carbocycles. The lowest BCUT2D eigenvalue weighted by atomic mass is 10.4. The van der Waals surface area contributed by atoms with Crippen LogP contribution in [0.5, 0.6) is 0 Å². The molecule has 0 spiro atoms. The summed E-state index contributed by atoms with van der Waals surface area (Å²) in [5, 5.41) is 10.9. The van der Waals surface area contributed by atoms with E-state index in [1.165, 1.54) is 0 Å². The Morgan fingerprint density at radius 2 is 2.06 bits per heavy atom. The lowest BCUT2D eigenvalue weighted by molar-refractivity contribution is -0.136. The summed E-state index contributed by atoms with van der Waals surface area (Å²) >= 11 is 0. The molecule has 1 aromatic rings. The Kier molecular flexibility index (Phi) is 4.86. The predicted molar refractivity (Wildman–Crippen MR) is 60.6 cm³/mol. The van der Waals surface area contributed by atoms with Crippen molar-refractivity contribution >= 4 is 17.8 Å². The number of nitrogens with one attached hydrogen (secondary N) is 1.